The zero-order valence-electron chi connectivity index (χ0n) is 15.0. The highest BCUT2D eigenvalue weighted by atomic mass is 32.2. The second kappa shape index (κ2) is 8.71. The second-order valence-electron chi connectivity index (χ2n) is 7.30. The molecule has 4 nitrogen and oxygen atoms in total. The first kappa shape index (κ1) is 21.0. The fourth-order valence-corrected chi connectivity index (χ4v) is 6.12. The molecule has 3 rings (SSSR count). The minimum absolute atomic E-state index is 0.302. The highest BCUT2D eigenvalue weighted by Crippen LogP contribution is 2.29. The van der Waals surface area contributed by atoms with Crippen LogP contribution in [0.1, 0.15) is 30.4 Å². The van der Waals surface area contributed by atoms with Crippen molar-refractivity contribution in [3.8, 4) is 0 Å². The molecule has 0 amide bonds. The molecule has 27 heavy (non-hydrogen) atoms. The maximum Gasteiger partial charge on any atom is 0.416 e. The topological polar surface area (TPSA) is 49.4 Å². The Labute approximate surface area is 162 Å². The van der Waals surface area contributed by atoms with Crippen LogP contribution in [0.25, 0.3) is 0 Å². The molecule has 1 aromatic carbocycles. The minimum Gasteiger partial charge on any atom is -0.300 e. The summed E-state index contributed by atoms with van der Waals surface area (Å²) in [5, 5.41) is 0. The van der Waals surface area contributed by atoms with Gasteiger partial charge in [0.2, 0.25) is 10.0 Å². The van der Waals surface area contributed by atoms with Gasteiger partial charge in [-0.25, -0.2) is 13.1 Å². The highest BCUT2D eigenvalue weighted by molar-refractivity contribution is 7.99. The van der Waals surface area contributed by atoms with Gasteiger partial charge in [-0.3, -0.25) is 4.90 Å². The van der Waals surface area contributed by atoms with Crippen LogP contribution in [0, 0.1) is 5.92 Å². The first-order valence-corrected chi connectivity index (χ1v) is 12.0. The smallest absolute Gasteiger partial charge is 0.300 e. The molecule has 0 radical (unpaired) electrons. The molecule has 0 saturated carbocycles. The van der Waals surface area contributed by atoms with Gasteiger partial charge in [0.15, 0.2) is 0 Å². The Hall–Kier alpha value is -0.770. The summed E-state index contributed by atoms with van der Waals surface area (Å²) in [5.41, 5.74) is -0.423. The van der Waals surface area contributed by atoms with Crippen molar-refractivity contribution in [2.45, 2.75) is 37.2 Å². The van der Waals surface area contributed by atoms with Gasteiger partial charge in [0.25, 0.3) is 0 Å². The summed E-state index contributed by atoms with van der Waals surface area (Å²) in [4.78, 5) is 2.52. The largest absolute Gasteiger partial charge is 0.416 e. The Morgan fingerprint density at radius 1 is 1.11 bits per heavy atom. The number of sulfonamides is 1. The van der Waals surface area contributed by atoms with Crippen molar-refractivity contribution in [3.63, 3.8) is 0 Å². The lowest BCUT2D eigenvalue weighted by atomic mass is 9.96. The molecule has 0 bridgehead atoms. The van der Waals surface area contributed by atoms with Gasteiger partial charge in [-0.15, -0.1) is 0 Å². The van der Waals surface area contributed by atoms with Crippen LogP contribution in [-0.2, 0) is 22.0 Å². The van der Waals surface area contributed by atoms with Gasteiger partial charge in [0.05, 0.1) is 11.3 Å². The maximum absolute atomic E-state index is 12.6. The molecule has 0 aliphatic carbocycles. The van der Waals surface area contributed by atoms with E-state index < -0.39 is 21.8 Å². The molecular formula is C18H25F3N2O2S2. The number of thioether (sulfide) groups is 1. The number of hydrogen-bond acceptors (Lipinski definition) is 4. The summed E-state index contributed by atoms with van der Waals surface area (Å²) in [6.07, 6.45) is -1.22. The van der Waals surface area contributed by atoms with E-state index >= 15 is 0 Å². The number of nitrogens with one attached hydrogen (secondary N) is 1. The third-order valence-electron chi connectivity index (χ3n) is 5.30. The minimum atomic E-state index is -4.41. The number of rotatable bonds is 6. The summed E-state index contributed by atoms with van der Waals surface area (Å²) in [5.74, 6) is 2.44. The van der Waals surface area contributed by atoms with Crippen LogP contribution in [0.2, 0.25) is 0 Å². The van der Waals surface area contributed by atoms with Gasteiger partial charge >= 0.3 is 6.18 Å². The fourth-order valence-electron chi connectivity index (χ4n) is 3.64. The normalized spacial score (nSPS) is 23.0. The standard InChI is InChI=1S/C18H25F3N2O2S2/c19-18(20,21)16-3-1-15(2-4-16)13-27(24,25)22-11-14-5-8-23(9-6-14)17-7-10-26-12-17/h1-4,14,17,22H,5-13H2/t17-/m1/s1. The van der Waals surface area contributed by atoms with E-state index in [-0.39, 0.29) is 5.75 Å². The molecule has 1 aromatic rings. The Kier molecular flexibility index (Phi) is 6.76. The number of piperidine rings is 1. The van der Waals surface area contributed by atoms with E-state index in [2.05, 4.69) is 9.62 Å². The van der Waals surface area contributed by atoms with Gasteiger partial charge in [-0.05, 0) is 61.7 Å². The van der Waals surface area contributed by atoms with Crippen molar-refractivity contribution in [2.75, 3.05) is 31.1 Å². The molecule has 0 aromatic heterocycles. The highest BCUT2D eigenvalue weighted by Gasteiger charge is 2.30. The molecule has 0 unspecified atom stereocenters. The number of likely N-dealkylation sites (tertiary alicyclic amines) is 1. The van der Waals surface area contributed by atoms with Crippen LogP contribution in [0.3, 0.4) is 0 Å². The Morgan fingerprint density at radius 3 is 2.33 bits per heavy atom. The molecule has 152 valence electrons. The second-order valence-corrected chi connectivity index (χ2v) is 10.3. The Bertz CT molecular complexity index is 709. The molecule has 1 N–H and O–H groups in total. The van der Waals surface area contributed by atoms with Gasteiger partial charge < -0.3 is 0 Å². The number of alkyl halides is 3. The van der Waals surface area contributed by atoms with Crippen molar-refractivity contribution in [1.29, 1.82) is 0 Å². The van der Waals surface area contributed by atoms with Crippen molar-refractivity contribution >= 4 is 21.8 Å². The number of hydrogen-bond donors (Lipinski definition) is 1. The predicted molar refractivity (Wildman–Crippen MR) is 102 cm³/mol. The first-order chi connectivity index (χ1) is 12.7. The van der Waals surface area contributed by atoms with Crippen LogP contribution in [0.4, 0.5) is 13.2 Å². The average Bonchev–Trinajstić information content (AvgIpc) is 3.14. The van der Waals surface area contributed by atoms with E-state index in [9.17, 15) is 21.6 Å². The summed E-state index contributed by atoms with van der Waals surface area (Å²) in [6.45, 7) is 2.42. The molecule has 2 saturated heterocycles. The molecule has 2 heterocycles. The molecule has 1 atom stereocenters. The fraction of sp³-hybridized carbons (Fsp3) is 0.667. The first-order valence-electron chi connectivity index (χ1n) is 9.18. The van der Waals surface area contributed by atoms with E-state index in [4.69, 9.17) is 0 Å². The maximum atomic E-state index is 12.6. The van der Waals surface area contributed by atoms with Gasteiger partial charge in [0.1, 0.15) is 0 Å². The lowest BCUT2D eigenvalue weighted by Gasteiger charge is -2.35. The summed E-state index contributed by atoms with van der Waals surface area (Å²) in [6, 6.07) is 4.96. The third kappa shape index (κ3) is 6.10. The molecule has 2 aliphatic heterocycles. The summed E-state index contributed by atoms with van der Waals surface area (Å²) >= 11 is 2.00. The molecular weight excluding hydrogens is 397 g/mol. The van der Waals surface area contributed by atoms with E-state index in [1.807, 2.05) is 11.8 Å². The van der Waals surface area contributed by atoms with Crippen molar-refractivity contribution in [2.24, 2.45) is 5.92 Å². The Balaban J connectivity index is 1.45. The van der Waals surface area contributed by atoms with Crippen molar-refractivity contribution in [3.05, 3.63) is 35.4 Å². The quantitative estimate of drug-likeness (QED) is 0.764. The van der Waals surface area contributed by atoms with E-state index in [1.54, 1.807) is 0 Å². The van der Waals surface area contributed by atoms with Gasteiger partial charge in [0, 0.05) is 18.3 Å². The number of benzene rings is 1. The molecule has 2 aliphatic rings. The zero-order valence-corrected chi connectivity index (χ0v) is 16.7. The SMILES string of the molecule is O=S(=O)(Cc1ccc(C(F)(F)F)cc1)NCC1CCN([C@@H]2CCSC2)CC1. The summed E-state index contributed by atoms with van der Waals surface area (Å²) in [7, 11) is -3.56. The van der Waals surface area contributed by atoms with E-state index in [0.29, 0.717) is 24.1 Å². The van der Waals surface area contributed by atoms with Gasteiger partial charge in [-0.2, -0.15) is 24.9 Å². The van der Waals surface area contributed by atoms with Crippen LogP contribution in [0.15, 0.2) is 24.3 Å². The molecule has 9 heteroatoms. The predicted octanol–water partition coefficient (Wildman–Crippen LogP) is 3.34. The molecule has 2 fully saturated rings. The molecule has 0 spiro atoms. The lowest BCUT2D eigenvalue weighted by molar-refractivity contribution is -0.137. The van der Waals surface area contributed by atoms with Crippen LogP contribution < -0.4 is 4.72 Å². The van der Waals surface area contributed by atoms with E-state index in [1.165, 1.54) is 30.1 Å². The van der Waals surface area contributed by atoms with Crippen LogP contribution in [-0.4, -0.2) is 50.5 Å². The van der Waals surface area contributed by atoms with Crippen molar-refractivity contribution < 1.29 is 21.6 Å². The van der Waals surface area contributed by atoms with Gasteiger partial charge in [-0.1, -0.05) is 12.1 Å². The van der Waals surface area contributed by atoms with Crippen molar-refractivity contribution in [1.82, 2.24) is 9.62 Å². The summed E-state index contributed by atoms with van der Waals surface area (Å²) < 4.78 is 64.9. The van der Waals surface area contributed by atoms with Crippen LogP contribution in [0.5, 0.6) is 0 Å². The number of nitrogens with zero attached hydrogens (tertiary/aromatic N) is 1. The van der Waals surface area contributed by atoms with E-state index in [0.717, 1.165) is 38.1 Å². The zero-order chi connectivity index (χ0) is 19.5. The Morgan fingerprint density at radius 2 is 1.78 bits per heavy atom. The third-order valence-corrected chi connectivity index (χ3v) is 7.77. The lowest BCUT2D eigenvalue weighted by Crippen LogP contribution is -2.43. The monoisotopic (exact) mass is 422 g/mol. The van der Waals surface area contributed by atoms with Crippen LogP contribution >= 0.6 is 11.8 Å². The average molecular weight is 423 g/mol. The number of halogens is 3.